The Morgan fingerprint density at radius 3 is 2.79 bits per heavy atom. The van der Waals surface area contributed by atoms with E-state index in [1.54, 1.807) is 6.26 Å². The molecule has 102 valence electrons. The summed E-state index contributed by atoms with van der Waals surface area (Å²) in [6, 6.07) is 0. The second-order valence-electron chi connectivity index (χ2n) is 5.50. The maximum absolute atomic E-state index is 5.47. The fourth-order valence-corrected chi connectivity index (χ4v) is 2.01. The Morgan fingerprint density at radius 1 is 1.26 bits per heavy atom. The fraction of sp³-hybridized carbons (Fsp3) is 0.643. The molecule has 0 unspecified atom stereocenters. The molecule has 0 aliphatic heterocycles. The van der Waals surface area contributed by atoms with Gasteiger partial charge in [-0.2, -0.15) is 4.98 Å². The lowest BCUT2D eigenvalue weighted by atomic mass is 10.2. The number of hydrogen-bond donors (Lipinski definition) is 0. The maximum Gasteiger partial charge on any atom is 0.229 e. The predicted molar refractivity (Wildman–Crippen MR) is 68.9 cm³/mol. The van der Waals surface area contributed by atoms with Gasteiger partial charge in [-0.05, 0) is 19.3 Å². The van der Waals surface area contributed by atoms with Crippen LogP contribution in [0.2, 0.25) is 0 Å². The van der Waals surface area contributed by atoms with Crippen LogP contribution in [0.1, 0.15) is 68.2 Å². The van der Waals surface area contributed by atoms with Gasteiger partial charge in [0.15, 0.2) is 11.7 Å². The molecule has 0 saturated heterocycles. The van der Waals surface area contributed by atoms with Crippen LogP contribution < -0.4 is 0 Å². The van der Waals surface area contributed by atoms with E-state index in [1.807, 2.05) is 13.8 Å². The third-order valence-electron chi connectivity index (χ3n) is 3.33. The Morgan fingerprint density at radius 2 is 2.11 bits per heavy atom. The Bertz CT molecular complexity index is 500. The summed E-state index contributed by atoms with van der Waals surface area (Å²) in [4.78, 5) is 8.86. The van der Waals surface area contributed by atoms with Crippen LogP contribution >= 0.6 is 0 Å². The second-order valence-corrected chi connectivity index (χ2v) is 5.50. The largest absolute Gasteiger partial charge is 0.449 e. The zero-order valence-corrected chi connectivity index (χ0v) is 11.4. The Kier molecular flexibility index (Phi) is 3.36. The highest BCUT2D eigenvalue weighted by atomic mass is 16.5. The molecule has 1 aliphatic carbocycles. The maximum atomic E-state index is 5.47. The molecule has 5 nitrogen and oxygen atoms in total. The van der Waals surface area contributed by atoms with Crippen molar-refractivity contribution < 1.29 is 8.94 Å². The third kappa shape index (κ3) is 3.03. The SMILES string of the molecule is CC(C)c1nc(CCCc2nc(C3CC3)co2)no1. The van der Waals surface area contributed by atoms with Crippen LogP contribution in [0.4, 0.5) is 0 Å². The zero-order valence-electron chi connectivity index (χ0n) is 11.4. The first-order chi connectivity index (χ1) is 9.22. The van der Waals surface area contributed by atoms with Crippen molar-refractivity contribution in [3.05, 3.63) is 29.6 Å². The van der Waals surface area contributed by atoms with Crippen molar-refractivity contribution in [2.45, 2.75) is 57.8 Å². The third-order valence-corrected chi connectivity index (χ3v) is 3.33. The predicted octanol–water partition coefficient (Wildman–Crippen LogP) is 3.23. The minimum Gasteiger partial charge on any atom is -0.449 e. The molecule has 3 rings (SSSR count). The van der Waals surface area contributed by atoms with Crippen molar-refractivity contribution in [1.29, 1.82) is 0 Å². The van der Waals surface area contributed by atoms with Gasteiger partial charge in [-0.15, -0.1) is 0 Å². The molecule has 0 atom stereocenters. The molecule has 5 heteroatoms. The summed E-state index contributed by atoms with van der Waals surface area (Å²) in [6.45, 7) is 4.09. The quantitative estimate of drug-likeness (QED) is 0.798. The topological polar surface area (TPSA) is 65.0 Å². The molecular weight excluding hydrogens is 242 g/mol. The van der Waals surface area contributed by atoms with Crippen molar-refractivity contribution in [2.24, 2.45) is 0 Å². The highest BCUT2D eigenvalue weighted by Gasteiger charge is 2.26. The summed E-state index contributed by atoms with van der Waals surface area (Å²) < 4.78 is 10.6. The average molecular weight is 261 g/mol. The normalized spacial score (nSPS) is 15.3. The van der Waals surface area contributed by atoms with E-state index in [9.17, 15) is 0 Å². The Hall–Kier alpha value is -1.65. The number of rotatable bonds is 6. The van der Waals surface area contributed by atoms with Crippen LogP contribution in [0.15, 0.2) is 15.2 Å². The van der Waals surface area contributed by atoms with E-state index < -0.39 is 0 Å². The average Bonchev–Trinajstić information content (AvgIpc) is 2.94. The summed E-state index contributed by atoms with van der Waals surface area (Å²) in [5.41, 5.74) is 1.12. The lowest BCUT2D eigenvalue weighted by Gasteiger charge is -1.94. The summed E-state index contributed by atoms with van der Waals surface area (Å²) >= 11 is 0. The minimum atomic E-state index is 0.286. The molecule has 19 heavy (non-hydrogen) atoms. The van der Waals surface area contributed by atoms with Crippen LogP contribution in [0, 0.1) is 0 Å². The van der Waals surface area contributed by atoms with E-state index in [0.717, 1.165) is 36.7 Å². The molecule has 0 bridgehead atoms. The Balaban J connectivity index is 1.48. The number of aryl methyl sites for hydroxylation is 2. The number of hydrogen-bond acceptors (Lipinski definition) is 5. The van der Waals surface area contributed by atoms with Crippen LogP contribution in [0.5, 0.6) is 0 Å². The van der Waals surface area contributed by atoms with Crippen LogP contribution in [0.3, 0.4) is 0 Å². The molecule has 2 aromatic rings. The van der Waals surface area contributed by atoms with E-state index >= 15 is 0 Å². The molecule has 1 aliphatic rings. The first-order valence-electron chi connectivity index (χ1n) is 6.99. The van der Waals surface area contributed by atoms with Crippen LogP contribution in [-0.4, -0.2) is 15.1 Å². The first kappa shape index (κ1) is 12.4. The van der Waals surface area contributed by atoms with Gasteiger partial charge < -0.3 is 8.94 Å². The van der Waals surface area contributed by atoms with Gasteiger partial charge in [0.2, 0.25) is 5.89 Å². The van der Waals surface area contributed by atoms with Gasteiger partial charge in [0.1, 0.15) is 6.26 Å². The number of nitrogens with zero attached hydrogens (tertiary/aromatic N) is 3. The van der Waals surface area contributed by atoms with Crippen molar-refractivity contribution >= 4 is 0 Å². The van der Waals surface area contributed by atoms with E-state index in [2.05, 4.69) is 15.1 Å². The monoisotopic (exact) mass is 261 g/mol. The van der Waals surface area contributed by atoms with Gasteiger partial charge in [0.25, 0.3) is 0 Å². The molecule has 0 amide bonds. The standard InChI is InChI=1S/C14H19N3O2/c1-9(2)14-16-12(17-19-14)4-3-5-13-15-11(8-18-13)10-6-7-10/h8-10H,3-7H2,1-2H3. The van der Waals surface area contributed by atoms with Crippen molar-refractivity contribution in [3.8, 4) is 0 Å². The molecule has 2 heterocycles. The van der Waals surface area contributed by atoms with Crippen LogP contribution in [0.25, 0.3) is 0 Å². The highest BCUT2D eigenvalue weighted by Crippen LogP contribution is 2.39. The lowest BCUT2D eigenvalue weighted by Crippen LogP contribution is -1.94. The number of oxazole rings is 1. The first-order valence-corrected chi connectivity index (χ1v) is 6.99. The number of aromatic nitrogens is 3. The summed E-state index contributed by atoms with van der Waals surface area (Å²) in [7, 11) is 0. The molecule has 0 N–H and O–H groups in total. The minimum absolute atomic E-state index is 0.286. The molecule has 1 fully saturated rings. The van der Waals surface area contributed by atoms with Gasteiger partial charge in [0.05, 0.1) is 5.69 Å². The van der Waals surface area contributed by atoms with Crippen molar-refractivity contribution in [2.75, 3.05) is 0 Å². The zero-order chi connectivity index (χ0) is 13.2. The molecule has 2 aromatic heterocycles. The second kappa shape index (κ2) is 5.15. The van der Waals surface area contributed by atoms with Gasteiger partial charge in [-0.25, -0.2) is 4.98 Å². The van der Waals surface area contributed by atoms with Crippen LogP contribution in [-0.2, 0) is 12.8 Å². The van der Waals surface area contributed by atoms with Gasteiger partial charge in [-0.1, -0.05) is 19.0 Å². The molecule has 0 aromatic carbocycles. The van der Waals surface area contributed by atoms with Gasteiger partial charge in [0, 0.05) is 24.7 Å². The highest BCUT2D eigenvalue weighted by molar-refractivity contribution is 5.10. The molecule has 0 radical (unpaired) electrons. The molecule has 1 saturated carbocycles. The lowest BCUT2D eigenvalue weighted by molar-refractivity contribution is 0.360. The summed E-state index contributed by atoms with van der Waals surface area (Å²) in [6.07, 6.45) is 6.88. The van der Waals surface area contributed by atoms with E-state index in [4.69, 9.17) is 8.94 Å². The van der Waals surface area contributed by atoms with Gasteiger partial charge in [-0.3, -0.25) is 0 Å². The van der Waals surface area contributed by atoms with Crippen molar-refractivity contribution in [3.63, 3.8) is 0 Å². The fourth-order valence-electron chi connectivity index (χ4n) is 2.01. The van der Waals surface area contributed by atoms with Gasteiger partial charge >= 0.3 is 0 Å². The van der Waals surface area contributed by atoms with Crippen molar-refractivity contribution in [1.82, 2.24) is 15.1 Å². The Labute approximate surface area is 112 Å². The summed E-state index contributed by atoms with van der Waals surface area (Å²) in [5, 5.41) is 3.97. The smallest absolute Gasteiger partial charge is 0.229 e. The molecule has 0 spiro atoms. The van der Waals surface area contributed by atoms with E-state index in [0.29, 0.717) is 11.8 Å². The van der Waals surface area contributed by atoms with E-state index in [-0.39, 0.29) is 5.92 Å². The summed E-state index contributed by atoms with van der Waals surface area (Å²) in [5.74, 6) is 3.26. The van der Waals surface area contributed by atoms with E-state index in [1.165, 1.54) is 12.8 Å². The molecular formula is C14H19N3O2.